The van der Waals surface area contributed by atoms with Gasteiger partial charge in [0.05, 0.1) is 5.75 Å². The first-order valence-corrected chi connectivity index (χ1v) is 9.75. The smallest absolute Gasteiger partial charge is 0.150 e. The van der Waals surface area contributed by atoms with Crippen molar-refractivity contribution in [2.24, 2.45) is 5.92 Å². The van der Waals surface area contributed by atoms with Gasteiger partial charge in [-0.1, -0.05) is 27.7 Å². The highest BCUT2D eigenvalue weighted by Crippen LogP contribution is 2.25. The van der Waals surface area contributed by atoms with Gasteiger partial charge in [-0.3, -0.25) is 4.90 Å². The number of nitrogens with one attached hydrogen (secondary N) is 1. The molecule has 2 unspecified atom stereocenters. The van der Waals surface area contributed by atoms with Gasteiger partial charge in [-0.25, -0.2) is 8.42 Å². The highest BCUT2D eigenvalue weighted by atomic mass is 32.2. The zero-order chi connectivity index (χ0) is 15.4. The first kappa shape index (κ1) is 17.9. The van der Waals surface area contributed by atoms with E-state index in [0.29, 0.717) is 17.7 Å². The summed E-state index contributed by atoms with van der Waals surface area (Å²) >= 11 is 0. The maximum Gasteiger partial charge on any atom is 0.150 e. The minimum atomic E-state index is -2.84. The van der Waals surface area contributed by atoms with Crippen LogP contribution in [-0.4, -0.2) is 56.0 Å². The third kappa shape index (κ3) is 4.71. The summed E-state index contributed by atoms with van der Waals surface area (Å²) < 4.78 is 23.2. The average Bonchev–Trinajstić information content (AvgIpc) is 2.40. The van der Waals surface area contributed by atoms with Crippen LogP contribution in [-0.2, 0) is 9.84 Å². The molecule has 0 saturated carbocycles. The van der Waals surface area contributed by atoms with Crippen LogP contribution in [0.1, 0.15) is 47.5 Å². The molecule has 4 nitrogen and oxygen atoms in total. The highest BCUT2D eigenvalue weighted by molar-refractivity contribution is 7.91. The zero-order valence-electron chi connectivity index (χ0n) is 13.8. The van der Waals surface area contributed by atoms with Crippen molar-refractivity contribution < 1.29 is 8.42 Å². The van der Waals surface area contributed by atoms with Crippen LogP contribution in [0, 0.1) is 5.92 Å². The zero-order valence-corrected chi connectivity index (χ0v) is 14.6. The maximum atomic E-state index is 11.6. The molecule has 20 heavy (non-hydrogen) atoms. The van der Waals surface area contributed by atoms with Crippen molar-refractivity contribution in [2.45, 2.75) is 59.0 Å². The summed E-state index contributed by atoms with van der Waals surface area (Å²) in [6.45, 7) is 13.6. The fourth-order valence-electron chi connectivity index (χ4n) is 2.76. The second-order valence-corrected chi connectivity index (χ2v) is 9.09. The Morgan fingerprint density at radius 2 is 2.00 bits per heavy atom. The van der Waals surface area contributed by atoms with E-state index in [4.69, 9.17) is 0 Å². The molecule has 2 atom stereocenters. The van der Waals surface area contributed by atoms with Gasteiger partial charge >= 0.3 is 0 Å². The van der Waals surface area contributed by atoms with E-state index in [2.05, 4.69) is 37.9 Å². The molecule has 0 aromatic heterocycles. The van der Waals surface area contributed by atoms with Gasteiger partial charge in [0.15, 0.2) is 0 Å². The minimum Gasteiger partial charge on any atom is -0.311 e. The molecule has 0 spiro atoms. The molecule has 120 valence electrons. The summed E-state index contributed by atoms with van der Waals surface area (Å²) in [5, 5.41) is 3.65. The van der Waals surface area contributed by atoms with Crippen LogP contribution >= 0.6 is 0 Å². The molecule has 0 amide bonds. The molecule has 1 aliphatic heterocycles. The summed E-state index contributed by atoms with van der Waals surface area (Å²) in [5.41, 5.74) is 0.154. The maximum absolute atomic E-state index is 11.6. The van der Waals surface area contributed by atoms with Crippen LogP contribution in [0.25, 0.3) is 0 Å². The lowest BCUT2D eigenvalue weighted by Gasteiger charge is -2.49. The molecule has 1 saturated heterocycles. The van der Waals surface area contributed by atoms with Gasteiger partial charge in [0.1, 0.15) is 9.84 Å². The van der Waals surface area contributed by atoms with Crippen LogP contribution in [0.4, 0.5) is 0 Å². The summed E-state index contributed by atoms with van der Waals surface area (Å²) in [4.78, 5) is 2.50. The Labute approximate surface area is 125 Å². The minimum absolute atomic E-state index is 0.154. The monoisotopic (exact) mass is 304 g/mol. The Bertz CT molecular complexity index is 395. The van der Waals surface area contributed by atoms with Crippen LogP contribution < -0.4 is 5.32 Å². The van der Waals surface area contributed by atoms with E-state index < -0.39 is 9.84 Å². The number of nitrogens with zero attached hydrogens (tertiary/aromatic N) is 1. The van der Waals surface area contributed by atoms with E-state index in [-0.39, 0.29) is 11.3 Å². The van der Waals surface area contributed by atoms with Crippen molar-refractivity contribution in [2.75, 3.05) is 31.1 Å². The summed E-state index contributed by atoms with van der Waals surface area (Å²) in [6, 6.07) is 0.511. The topological polar surface area (TPSA) is 49.4 Å². The van der Waals surface area contributed by atoms with E-state index in [9.17, 15) is 8.42 Å². The number of rotatable bonds is 7. The Balaban J connectivity index is 2.61. The summed E-state index contributed by atoms with van der Waals surface area (Å²) in [5.74, 6) is 1.19. The van der Waals surface area contributed by atoms with Gasteiger partial charge in [-0.05, 0) is 32.2 Å². The lowest BCUT2D eigenvalue weighted by atomic mass is 9.89. The van der Waals surface area contributed by atoms with Crippen LogP contribution in [0.3, 0.4) is 0 Å². The molecule has 1 fully saturated rings. The Kier molecular flexibility index (Phi) is 6.48. The number of sulfone groups is 1. The number of hydrogen-bond donors (Lipinski definition) is 1. The normalized spacial score (nSPS) is 29.0. The molecule has 1 aliphatic rings. The first-order chi connectivity index (χ1) is 9.24. The van der Waals surface area contributed by atoms with Crippen LogP contribution in [0.2, 0.25) is 0 Å². The van der Waals surface area contributed by atoms with E-state index in [1.165, 1.54) is 0 Å². The number of piperazine rings is 1. The van der Waals surface area contributed by atoms with Crippen molar-refractivity contribution in [1.82, 2.24) is 10.2 Å². The molecule has 1 heterocycles. The molecule has 0 bridgehead atoms. The van der Waals surface area contributed by atoms with Crippen molar-refractivity contribution in [1.29, 1.82) is 0 Å². The van der Waals surface area contributed by atoms with Gasteiger partial charge < -0.3 is 5.32 Å². The van der Waals surface area contributed by atoms with Crippen LogP contribution in [0.5, 0.6) is 0 Å². The van der Waals surface area contributed by atoms with E-state index >= 15 is 0 Å². The van der Waals surface area contributed by atoms with Crippen molar-refractivity contribution in [3.05, 3.63) is 0 Å². The fraction of sp³-hybridized carbons (Fsp3) is 1.00. The fourth-order valence-corrected chi connectivity index (χ4v) is 3.62. The third-order valence-electron chi connectivity index (χ3n) is 4.82. The lowest BCUT2D eigenvalue weighted by molar-refractivity contribution is 0.0390. The Morgan fingerprint density at radius 3 is 2.50 bits per heavy atom. The van der Waals surface area contributed by atoms with Crippen molar-refractivity contribution in [3.8, 4) is 0 Å². The van der Waals surface area contributed by atoms with Gasteiger partial charge in [-0.15, -0.1) is 0 Å². The summed E-state index contributed by atoms with van der Waals surface area (Å²) in [6.07, 6.45) is 1.84. The number of hydrogen-bond acceptors (Lipinski definition) is 4. The quantitative estimate of drug-likeness (QED) is 0.780. The highest BCUT2D eigenvalue weighted by Gasteiger charge is 2.36. The van der Waals surface area contributed by atoms with Crippen molar-refractivity contribution >= 4 is 9.84 Å². The Hall–Kier alpha value is -0.130. The van der Waals surface area contributed by atoms with Gasteiger partial charge in [0.2, 0.25) is 0 Å². The predicted molar refractivity (Wildman–Crippen MR) is 85.8 cm³/mol. The predicted octanol–water partition coefficient (Wildman–Crippen LogP) is 1.91. The standard InChI is InChI=1S/C15H32N2O2S/c1-6-15(5)12-16-14(13(3)4)11-17(15)9-8-10-20(18,19)7-2/h13-14,16H,6-12H2,1-5H3. The van der Waals surface area contributed by atoms with E-state index in [1.54, 1.807) is 6.92 Å². The van der Waals surface area contributed by atoms with Gasteiger partial charge in [-0.2, -0.15) is 0 Å². The molecule has 1 rings (SSSR count). The molecule has 0 aliphatic carbocycles. The molecular formula is C15H32N2O2S. The summed E-state index contributed by atoms with van der Waals surface area (Å²) in [7, 11) is -2.84. The molecule has 0 aromatic carbocycles. The van der Waals surface area contributed by atoms with Gasteiger partial charge in [0.25, 0.3) is 0 Å². The molecular weight excluding hydrogens is 272 g/mol. The van der Waals surface area contributed by atoms with E-state index in [1.807, 2.05) is 0 Å². The largest absolute Gasteiger partial charge is 0.311 e. The molecule has 0 aromatic rings. The van der Waals surface area contributed by atoms with Crippen LogP contribution in [0.15, 0.2) is 0 Å². The first-order valence-electron chi connectivity index (χ1n) is 7.93. The molecule has 5 heteroatoms. The SMILES string of the molecule is CCC1(C)CNC(C(C)C)CN1CCCS(=O)(=O)CC. The lowest BCUT2D eigenvalue weighted by Crippen LogP contribution is -2.64. The van der Waals surface area contributed by atoms with Crippen molar-refractivity contribution in [3.63, 3.8) is 0 Å². The van der Waals surface area contributed by atoms with E-state index in [0.717, 1.165) is 32.5 Å². The second kappa shape index (κ2) is 7.23. The molecule has 0 radical (unpaired) electrons. The van der Waals surface area contributed by atoms with Gasteiger partial charge in [0, 0.05) is 30.4 Å². The third-order valence-corrected chi connectivity index (χ3v) is 6.61. The second-order valence-electron chi connectivity index (χ2n) is 6.62. The average molecular weight is 305 g/mol. The molecule has 1 N–H and O–H groups in total. The Morgan fingerprint density at radius 1 is 1.35 bits per heavy atom.